The first-order chi connectivity index (χ1) is 14.9. The minimum Gasteiger partial charge on any atom is -0.495 e. The Morgan fingerprint density at radius 1 is 1.13 bits per heavy atom. The number of rotatable bonds is 5. The van der Waals surface area contributed by atoms with E-state index in [2.05, 4.69) is 14.7 Å². The minimum atomic E-state index is -3.98. The molecule has 0 radical (unpaired) electrons. The summed E-state index contributed by atoms with van der Waals surface area (Å²) in [7, 11) is -0.896. The molecule has 1 aliphatic heterocycles. The molecule has 2 aromatic carbocycles. The van der Waals surface area contributed by atoms with Crippen LogP contribution in [0.4, 0.5) is 11.4 Å². The number of pyridine rings is 1. The molecule has 0 aliphatic carbocycles. The average Bonchev–Trinajstić information content (AvgIpc) is 3.39. The van der Waals surface area contributed by atoms with Crippen molar-refractivity contribution < 1.29 is 17.9 Å². The van der Waals surface area contributed by atoms with Crippen molar-refractivity contribution in [1.29, 1.82) is 0 Å². The Kier molecular flexibility index (Phi) is 4.19. The van der Waals surface area contributed by atoms with Crippen molar-refractivity contribution in [2.75, 3.05) is 23.8 Å². The van der Waals surface area contributed by atoms with Gasteiger partial charge < -0.3 is 9.64 Å². The van der Waals surface area contributed by atoms with Crippen LogP contribution < -0.4 is 14.4 Å². The number of carbonyl (C=O) groups excluding carboxylic acids is 1. The summed E-state index contributed by atoms with van der Waals surface area (Å²) >= 11 is 0. The quantitative estimate of drug-likeness (QED) is 0.517. The molecule has 1 aliphatic rings. The Labute approximate surface area is 178 Å². The van der Waals surface area contributed by atoms with Crippen LogP contribution in [0.15, 0.2) is 66.1 Å². The van der Waals surface area contributed by atoms with E-state index in [1.807, 2.05) is 0 Å². The number of aromatic nitrogens is 3. The van der Waals surface area contributed by atoms with Gasteiger partial charge in [-0.3, -0.25) is 14.1 Å². The third-order valence-electron chi connectivity index (χ3n) is 5.19. The second-order valence-corrected chi connectivity index (χ2v) is 8.63. The van der Waals surface area contributed by atoms with Gasteiger partial charge in [0.2, 0.25) is 0 Å². The molecule has 0 saturated carbocycles. The van der Waals surface area contributed by atoms with Gasteiger partial charge in [-0.05, 0) is 30.3 Å². The summed E-state index contributed by atoms with van der Waals surface area (Å²) in [6.07, 6.45) is 4.86. The zero-order chi connectivity index (χ0) is 21.8. The van der Waals surface area contributed by atoms with Crippen molar-refractivity contribution in [2.45, 2.75) is 4.90 Å². The Morgan fingerprint density at radius 2 is 1.94 bits per heavy atom. The van der Waals surface area contributed by atoms with Crippen molar-refractivity contribution in [3.63, 3.8) is 0 Å². The number of carbonyl (C=O) groups is 1. The average molecular weight is 435 g/mol. The SMILES string of the molecule is COc1ccccc1S(=O)(=O)Nc1ccc2c3c(cc(-n4ccnc4)nc13)C(=O)N2C. The molecule has 5 rings (SSSR count). The highest BCUT2D eigenvalue weighted by molar-refractivity contribution is 7.92. The van der Waals surface area contributed by atoms with Gasteiger partial charge in [0, 0.05) is 24.8 Å². The van der Waals surface area contributed by atoms with Gasteiger partial charge in [-0.1, -0.05) is 12.1 Å². The number of benzene rings is 2. The van der Waals surface area contributed by atoms with Crippen molar-refractivity contribution in [3.8, 4) is 11.6 Å². The largest absolute Gasteiger partial charge is 0.495 e. The Bertz CT molecular complexity index is 1450. The molecule has 9 nitrogen and oxygen atoms in total. The fraction of sp³-hybridized carbons (Fsp3) is 0.0952. The summed E-state index contributed by atoms with van der Waals surface area (Å²) in [5.74, 6) is 0.495. The standard InChI is InChI=1S/C21H17N5O4S/c1-25-15-8-7-14(24-31(28,29)17-6-4-3-5-16(17)30-2)20-19(15)13(21(25)27)11-18(23-20)26-10-9-22-12-26/h3-12,24H,1-2H3. The van der Waals surface area contributed by atoms with Gasteiger partial charge in [0.25, 0.3) is 15.9 Å². The molecule has 2 aromatic heterocycles. The number of nitrogens with zero attached hydrogens (tertiary/aromatic N) is 4. The van der Waals surface area contributed by atoms with Crippen molar-refractivity contribution in [3.05, 3.63) is 66.7 Å². The number of hydrogen-bond acceptors (Lipinski definition) is 6. The van der Waals surface area contributed by atoms with Gasteiger partial charge in [0.1, 0.15) is 22.8 Å². The summed E-state index contributed by atoms with van der Waals surface area (Å²) < 4.78 is 35.8. The van der Waals surface area contributed by atoms with E-state index in [0.717, 1.165) is 0 Å². The normalized spacial score (nSPS) is 13.1. The maximum Gasteiger partial charge on any atom is 0.265 e. The first kappa shape index (κ1) is 19.1. The third kappa shape index (κ3) is 2.91. The lowest BCUT2D eigenvalue weighted by Crippen LogP contribution is -2.20. The molecule has 0 bridgehead atoms. The molecule has 3 heterocycles. The number of nitrogens with one attached hydrogen (secondary N) is 1. The molecular formula is C21H17N5O4S. The van der Waals surface area contributed by atoms with E-state index in [9.17, 15) is 13.2 Å². The lowest BCUT2D eigenvalue weighted by atomic mass is 10.1. The predicted octanol–water partition coefficient (Wildman–Crippen LogP) is 2.82. The second kappa shape index (κ2) is 6.81. The zero-order valence-corrected chi connectivity index (χ0v) is 17.4. The zero-order valence-electron chi connectivity index (χ0n) is 16.6. The fourth-order valence-electron chi connectivity index (χ4n) is 3.70. The van der Waals surface area contributed by atoms with Crippen LogP contribution in [0.1, 0.15) is 10.4 Å². The van der Waals surface area contributed by atoms with E-state index < -0.39 is 10.0 Å². The van der Waals surface area contributed by atoms with Crippen molar-refractivity contribution in [1.82, 2.24) is 14.5 Å². The molecule has 0 fully saturated rings. The molecule has 0 atom stereocenters. The molecule has 31 heavy (non-hydrogen) atoms. The molecule has 0 saturated heterocycles. The van der Waals surface area contributed by atoms with Crippen molar-refractivity contribution in [2.24, 2.45) is 0 Å². The van der Waals surface area contributed by atoms with Gasteiger partial charge >= 0.3 is 0 Å². The van der Waals surface area contributed by atoms with E-state index in [-0.39, 0.29) is 22.2 Å². The number of anilines is 2. The van der Waals surface area contributed by atoms with Crippen LogP contribution in [0.25, 0.3) is 16.7 Å². The van der Waals surface area contributed by atoms with Crippen LogP contribution in [0.2, 0.25) is 0 Å². The number of methoxy groups -OCH3 is 1. The topological polar surface area (TPSA) is 106 Å². The van der Waals surface area contributed by atoms with Gasteiger partial charge in [-0.15, -0.1) is 0 Å². The fourth-order valence-corrected chi connectivity index (χ4v) is 4.94. The van der Waals surface area contributed by atoms with E-state index in [0.29, 0.717) is 28.0 Å². The summed E-state index contributed by atoms with van der Waals surface area (Å²) in [5, 5.41) is 0.594. The third-order valence-corrected chi connectivity index (χ3v) is 6.60. The summed E-state index contributed by atoms with van der Waals surface area (Å²) in [5.41, 5.74) is 1.75. The number of imidazole rings is 1. The molecule has 1 N–H and O–H groups in total. The Morgan fingerprint density at radius 3 is 2.68 bits per heavy atom. The molecule has 0 unspecified atom stereocenters. The summed E-state index contributed by atoms with van der Waals surface area (Å²) in [4.78, 5) is 23.0. The van der Waals surface area contributed by atoms with Crippen molar-refractivity contribution >= 4 is 38.2 Å². The lowest BCUT2D eigenvalue weighted by Gasteiger charge is -2.14. The molecule has 10 heteroatoms. The van der Waals surface area contributed by atoms with E-state index >= 15 is 0 Å². The number of para-hydroxylation sites is 1. The van der Waals surface area contributed by atoms with E-state index in [1.54, 1.807) is 66.7 Å². The van der Waals surface area contributed by atoms with Crippen LogP contribution in [-0.4, -0.2) is 43.0 Å². The predicted molar refractivity (Wildman–Crippen MR) is 115 cm³/mol. The Hall–Kier alpha value is -3.92. The first-order valence-corrected chi connectivity index (χ1v) is 10.8. The lowest BCUT2D eigenvalue weighted by molar-refractivity contribution is 0.0999. The highest BCUT2D eigenvalue weighted by Crippen LogP contribution is 2.40. The van der Waals surface area contributed by atoms with Gasteiger partial charge in [-0.25, -0.2) is 18.4 Å². The van der Waals surface area contributed by atoms with Crippen LogP contribution in [0.3, 0.4) is 0 Å². The number of sulfonamides is 1. The van der Waals surface area contributed by atoms with Crippen LogP contribution in [0, 0.1) is 0 Å². The maximum absolute atomic E-state index is 13.1. The van der Waals surface area contributed by atoms with Crippen LogP contribution >= 0.6 is 0 Å². The minimum absolute atomic E-state index is 0.00350. The smallest absolute Gasteiger partial charge is 0.265 e. The number of ether oxygens (including phenoxy) is 1. The first-order valence-electron chi connectivity index (χ1n) is 9.30. The highest BCUT2D eigenvalue weighted by atomic mass is 32.2. The van der Waals surface area contributed by atoms with Gasteiger partial charge in [0.15, 0.2) is 0 Å². The Balaban J connectivity index is 1.72. The van der Waals surface area contributed by atoms with Crippen LogP contribution in [0.5, 0.6) is 5.75 Å². The monoisotopic (exact) mass is 435 g/mol. The number of hydrogen-bond donors (Lipinski definition) is 1. The van der Waals surface area contributed by atoms with Gasteiger partial charge in [0.05, 0.1) is 29.6 Å². The molecular weight excluding hydrogens is 418 g/mol. The molecule has 156 valence electrons. The second-order valence-electron chi connectivity index (χ2n) is 6.97. The maximum atomic E-state index is 13.1. The summed E-state index contributed by atoms with van der Waals surface area (Å²) in [6.45, 7) is 0. The van der Waals surface area contributed by atoms with E-state index in [1.165, 1.54) is 18.1 Å². The molecule has 0 spiro atoms. The van der Waals surface area contributed by atoms with E-state index in [4.69, 9.17) is 4.74 Å². The highest BCUT2D eigenvalue weighted by Gasteiger charge is 2.31. The number of amides is 1. The molecule has 1 amide bonds. The van der Waals surface area contributed by atoms with Gasteiger partial charge in [-0.2, -0.15) is 0 Å². The van der Waals surface area contributed by atoms with Crippen LogP contribution in [-0.2, 0) is 10.0 Å². The molecule has 4 aromatic rings. The summed E-state index contributed by atoms with van der Waals surface area (Å²) in [6, 6.07) is 11.3.